The van der Waals surface area contributed by atoms with Crippen LogP contribution in [0.15, 0.2) is 59.8 Å². The summed E-state index contributed by atoms with van der Waals surface area (Å²) >= 11 is 0. The summed E-state index contributed by atoms with van der Waals surface area (Å²) in [6.07, 6.45) is 5.29. The lowest BCUT2D eigenvalue weighted by Crippen LogP contribution is -2.35. The Labute approximate surface area is 180 Å². The molecule has 2 aromatic heterocycles. The molecule has 160 valence electrons. The molecule has 4 rings (SSSR count). The first-order valence-electron chi connectivity index (χ1n) is 9.96. The lowest BCUT2D eigenvalue weighted by atomic mass is 10.1. The molecule has 0 unspecified atom stereocenters. The van der Waals surface area contributed by atoms with Gasteiger partial charge in [0, 0.05) is 54.4 Å². The van der Waals surface area contributed by atoms with Gasteiger partial charge in [-0.05, 0) is 29.7 Å². The van der Waals surface area contributed by atoms with Crippen molar-refractivity contribution in [1.82, 2.24) is 19.1 Å². The van der Waals surface area contributed by atoms with Gasteiger partial charge < -0.3 is 0 Å². The monoisotopic (exact) mass is 437 g/mol. The third kappa shape index (κ3) is 4.01. The molecule has 0 spiro atoms. The lowest BCUT2D eigenvalue weighted by molar-refractivity contribution is 0.449. The minimum atomic E-state index is -3.70. The molecule has 0 aliphatic rings. The molecule has 1 N–H and O–H groups in total. The summed E-state index contributed by atoms with van der Waals surface area (Å²) in [7, 11) is -1.87. The van der Waals surface area contributed by atoms with Gasteiger partial charge in [-0.25, -0.2) is 0 Å². The van der Waals surface area contributed by atoms with Gasteiger partial charge in [0.2, 0.25) is 0 Å². The Balaban J connectivity index is 1.87. The summed E-state index contributed by atoms with van der Waals surface area (Å²) in [4.78, 5) is 17.9. The standard InChI is InChI=1S/C22H23N5O3S/c1-4-27(5-2)31(29,30)25-18-8-6-15-7-9-21-20(22(28)19(15)11-18)10-16(12-23-21)17-13-24-26(3)14-17/h6-14,25H,4-5H2,1-3H3. The molecule has 4 aromatic rings. The molecule has 0 saturated carbocycles. The Morgan fingerprint density at radius 2 is 1.74 bits per heavy atom. The highest BCUT2D eigenvalue weighted by Gasteiger charge is 2.18. The van der Waals surface area contributed by atoms with Crippen LogP contribution in [0.5, 0.6) is 0 Å². The van der Waals surface area contributed by atoms with Crippen LogP contribution < -0.4 is 10.2 Å². The first-order chi connectivity index (χ1) is 14.8. The summed E-state index contributed by atoms with van der Waals surface area (Å²) in [5.74, 6) is 0. The smallest absolute Gasteiger partial charge is 0.289 e. The van der Waals surface area contributed by atoms with Crippen LogP contribution in [-0.2, 0) is 17.3 Å². The zero-order valence-electron chi connectivity index (χ0n) is 17.5. The quantitative estimate of drug-likeness (QED) is 0.500. The van der Waals surface area contributed by atoms with Crippen LogP contribution in [0.25, 0.3) is 32.8 Å². The fraction of sp³-hybridized carbons (Fsp3) is 0.227. The number of nitrogens with one attached hydrogen (secondary N) is 1. The molecule has 9 heteroatoms. The molecule has 0 aliphatic heterocycles. The van der Waals surface area contributed by atoms with Crippen molar-refractivity contribution in [3.63, 3.8) is 0 Å². The van der Waals surface area contributed by atoms with Crippen LogP contribution in [0.1, 0.15) is 13.8 Å². The second-order valence-electron chi connectivity index (χ2n) is 7.22. The normalized spacial score (nSPS) is 12.0. The van der Waals surface area contributed by atoms with Gasteiger partial charge >= 0.3 is 10.2 Å². The molecule has 0 bridgehead atoms. The maximum absolute atomic E-state index is 13.4. The molecule has 8 nitrogen and oxygen atoms in total. The summed E-state index contributed by atoms with van der Waals surface area (Å²) in [5, 5.41) is 5.75. The van der Waals surface area contributed by atoms with Crippen LogP contribution in [0, 0.1) is 0 Å². The molecule has 0 saturated heterocycles. The predicted molar refractivity (Wildman–Crippen MR) is 123 cm³/mol. The molecule has 2 aromatic carbocycles. The van der Waals surface area contributed by atoms with E-state index in [1.165, 1.54) is 4.31 Å². The SMILES string of the molecule is CCN(CC)S(=O)(=O)Nc1ccc2ccc3ncc(-c4cnn(C)c4)cc3c(=O)c2c1. The topological polar surface area (TPSA) is 97.2 Å². The van der Waals surface area contributed by atoms with E-state index >= 15 is 0 Å². The van der Waals surface area contributed by atoms with Crippen molar-refractivity contribution in [3.05, 3.63) is 65.2 Å². The van der Waals surface area contributed by atoms with Gasteiger partial charge in [-0.3, -0.25) is 19.2 Å². The largest absolute Gasteiger partial charge is 0.301 e. The molecular weight excluding hydrogens is 414 g/mol. The van der Waals surface area contributed by atoms with Gasteiger partial charge in [0.25, 0.3) is 0 Å². The Morgan fingerprint density at radius 3 is 2.42 bits per heavy atom. The van der Waals surface area contributed by atoms with Crippen molar-refractivity contribution in [1.29, 1.82) is 0 Å². The third-order valence-electron chi connectivity index (χ3n) is 5.21. The second kappa shape index (κ2) is 8.09. The second-order valence-corrected chi connectivity index (χ2v) is 8.89. The number of hydrogen-bond donors (Lipinski definition) is 1. The zero-order chi connectivity index (χ0) is 22.2. The Bertz CT molecular complexity index is 1440. The van der Waals surface area contributed by atoms with E-state index in [1.807, 2.05) is 19.3 Å². The van der Waals surface area contributed by atoms with Gasteiger partial charge in [-0.15, -0.1) is 0 Å². The van der Waals surface area contributed by atoms with Crippen molar-refractivity contribution >= 4 is 37.6 Å². The Morgan fingerprint density at radius 1 is 1.00 bits per heavy atom. The van der Waals surface area contributed by atoms with Crippen LogP contribution in [0.4, 0.5) is 5.69 Å². The molecule has 31 heavy (non-hydrogen) atoms. The summed E-state index contributed by atoms with van der Waals surface area (Å²) in [5.41, 5.74) is 2.35. The fourth-order valence-electron chi connectivity index (χ4n) is 3.57. The van der Waals surface area contributed by atoms with E-state index in [0.29, 0.717) is 40.5 Å². The number of fused-ring (bicyclic) bond motifs is 2. The van der Waals surface area contributed by atoms with Crippen LogP contribution in [0.2, 0.25) is 0 Å². The van der Waals surface area contributed by atoms with Crippen molar-refractivity contribution < 1.29 is 8.42 Å². The maximum atomic E-state index is 13.4. The van der Waals surface area contributed by atoms with E-state index in [1.54, 1.807) is 61.3 Å². The number of nitrogens with zero attached hydrogens (tertiary/aromatic N) is 4. The number of hydrogen-bond acceptors (Lipinski definition) is 5. The van der Waals surface area contributed by atoms with E-state index in [2.05, 4.69) is 14.8 Å². The van der Waals surface area contributed by atoms with E-state index in [0.717, 1.165) is 11.1 Å². The first-order valence-corrected chi connectivity index (χ1v) is 11.4. The lowest BCUT2D eigenvalue weighted by Gasteiger charge is -2.19. The molecule has 2 heterocycles. The number of pyridine rings is 1. The highest BCUT2D eigenvalue weighted by molar-refractivity contribution is 7.90. The average Bonchev–Trinajstić information content (AvgIpc) is 3.13. The highest BCUT2D eigenvalue weighted by Crippen LogP contribution is 2.23. The van der Waals surface area contributed by atoms with Crippen LogP contribution in [0.3, 0.4) is 0 Å². The van der Waals surface area contributed by atoms with Gasteiger partial charge in [0.15, 0.2) is 5.43 Å². The maximum Gasteiger partial charge on any atom is 0.301 e. The number of aryl methyl sites for hydroxylation is 1. The Hall–Kier alpha value is -3.30. The fourth-order valence-corrected chi connectivity index (χ4v) is 4.80. The number of rotatable bonds is 6. The molecular formula is C22H23N5O3S. The molecule has 0 atom stereocenters. The van der Waals surface area contributed by atoms with Crippen molar-refractivity contribution in [2.24, 2.45) is 7.05 Å². The van der Waals surface area contributed by atoms with E-state index in [-0.39, 0.29) is 5.43 Å². The predicted octanol–water partition coefficient (Wildman–Crippen LogP) is 3.15. The molecule has 0 amide bonds. The first kappa shape index (κ1) is 21.0. The zero-order valence-corrected chi connectivity index (χ0v) is 18.3. The van der Waals surface area contributed by atoms with Crippen LogP contribution in [-0.4, -0.2) is 40.6 Å². The van der Waals surface area contributed by atoms with Crippen LogP contribution >= 0.6 is 0 Å². The van der Waals surface area contributed by atoms with Gasteiger partial charge in [0.1, 0.15) is 0 Å². The van der Waals surface area contributed by atoms with E-state index in [4.69, 9.17) is 0 Å². The van der Waals surface area contributed by atoms with Gasteiger partial charge in [0.05, 0.1) is 17.4 Å². The summed E-state index contributed by atoms with van der Waals surface area (Å²) in [6.45, 7) is 4.26. The summed E-state index contributed by atoms with van der Waals surface area (Å²) in [6, 6.07) is 10.4. The third-order valence-corrected chi connectivity index (χ3v) is 6.90. The van der Waals surface area contributed by atoms with Crippen molar-refractivity contribution in [2.75, 3.05) is 17.8 Å². The number of benzene rings is 1. The minimum absolute atomic E-state index is 0.211. The van der Waals surface area contributed by atoms with Crippen molar-refractivity contribution in [2.45, 2.75) is 13.8 Å². The van der Waals surface area contributed by atoms with Crippen molar-refractivity contribution in [3.8, 4) is 11.1 Å². The van der Waals surface area contributed by atoms with E-state index < -0.39 is 10.2 Å². The van der Waals surface area contributed by atoms with Gasteiger partial charge in [-0.1, -0.05) is 26.0 Å². The highest BCUT2D eigenvalue weighted by atomic mass is 32.2. The van der Waals surface area contributed by atoms with Gasteiger partial charge in [-0.2, -0.15) is 17.8 Å². The average molecular weight is 438 g/mol. The van der Waals surface area contributed by atoms with E-state index in [9.17, 15) is 13.2 Å². The number of aromatic nitrogens is 3. The summed E-state index contributed by atoms with van der Waals surface area (Å²) < 4.78 is 30.7. The number of anilines is 1. The minimum Gasteiger partial charge on any atom is -0.289 e. The Kier molecular flexibility index (Phi) is 5.47. The molecule has 0 radical (unpaired) electrons. The molecule has 0 fully saturated rings. The molecule has 0 aliphatic carbocycles.